The smallest absolute Gasteiger partial charge is 0.332 e. The highest BCUT2D eigenvalue weighted by Gasteiger charge is 2.51. The molecule has 268 valence electrons. The zero-order valence-electron chi connectivity index (χ0n) is 27.7. The Morgan fingerprint density at radius 3 is 2.19 bits per heavy atom. The topological polar surface area (TPSA) is 243 Å². The predicted octanol–water partition coefficient (Wildman–Crippen LogP) is 0.378. The van der Waals surface area contributed by atoms with Crippen molar-refractivity contribution in [1.82, 2.24) is 19.7 Å². The summed E-state index contributed by atoms with van der Waals surface area (Å²) in [6.07, 6.45) is -2.74. The average Bonchev–Trinajstić information content (AvgIpc) is 3.49. The molecule has 2 aromatic heterocycles. The largest absolute Gasteiger partial charge is 0.462 e. The van der Waals surface area contributed by atoms with Gasteiger partial charge in [0.2, 0.25) is 5.60 Å². The van der Waals surface area contributed by atoms with Gasteiger partial charge < -0.3 is 48.2 Å². The first-order valence-corrected chi connectivity index (χ1v) is 15.9. The SMILES string of the molecule is COCCOCC(=O)O[C@@H](c1ccc2c(N)ncnn12)[C@H](OC(=O)COCCOC)[C@@](C#N)(CO[PH](=O)N[C@@H](C)C(=O)OC(C)C)OC. The normalized spacial score (nSPS) is 15.2. The molecule has 2 rings (SSSR count). The molecule has 2 heterocycles. The fourth-order valence-electron chi connectivity index (χ4n) is 4.00. The number of nitrogen functional groups attached to an aromatic ring is 1. The molecule has 0 aliphatic heterocycles. The van der Waals surface area contributed by atoms with Crippen molar-refractivity contribution in [2.45, 2.75) is 50.7 Å². The number of carbonyl (C=O) groups excluding carboxylic acids is 3. The number of fused-ring (bicyclic) bond motifs is 1. The molecule has 5 atom stereocenters. The third kappa shape index (κ3) is 12.1. The Kier molecular flexibility index (Phi) is 17.4. The third-order valence-corrected chi connectivity index (χ3v) is 7.44. The van der Waals surface area contributed by atoms with Gasteiger partial charge in [0.25, 0.3) is 8.18 Å². The van der Waals surface area contributed by atoms with E-state index in [0.717, 1.165) is 13.4 Å². The lowest BCUT2D eigenvalue weighted by Gasteiger charge is -2.37. The second-order valence-corrected chi connectivity index (χ2v) is 11.4. The van der Waals surface area contributed by atoms with Gasteiger partial charge in [-0.05, 0) is 32.9 Å². The Bertz CT molecular complexity index is 1400. The molecule has 0 saturated heterocycles. The molecule has 0 saturated carbocycles. The Balaban J connectivity index is 2.55. The fraction of sp³-hybridized carbons (Fsp3) is 0.643. The Morgan fingerprint density at radius 2 is 1.62 bits per heavy atom. The Hall–Kier alpha value is -3.73. The lowest BCUT2D eigenvalue weighted by atomic mass is 9.92. The summed E-state index contributed by atoms with van der Waals surface area (Å²) in [7, 11) is 0.759. The van der Waals surface area contributed by atoms with Crippen molar-refractivity contribution in [3.63, 3.8) is 0 Å². The number of anilines is 1. The van der Waals surface area contributed by atoms with Crippen LogP contribution in [0.1, 0.15) is 32.6 Å². The van der Waals surface area contributed by atoms with Crippen LogP contribution in [0.25, 0.3) is 5.52 Å². The Labute approximate surface area is 278 Å². The standard InChI is InChI=1S/C28H43N6O13P/c1-18(2)45-27(37)19(3)33-48(38)44-16-28(15-29,41-6)25(47-23(36)14-43-12-10-40-5)24(46-22(35)13-42-11-9-39-4)20-7-8-21-26(30)31-17-32-34(20)21/h7-8,17-19,24-25,48H,9-14,16H2,1-6H3,(H,33,38)(H2,30,31,32)/t19-,24-,25-,28+/m0/s1. The molecule has 48 heavy (non-hydrogen) atoms. The van der Waals surface area contributed by atoms with E-state index in [1.807, 2.05) is 6.07 Å². The number of nitrogens with zero attached hydrogens (tertiary/aromatic N) is 4. The van der Waals surface area contributed by atoms with Gasteiger partial charge in [-0.15, -0.1) is 0 Å². The first-order chi connectivity index (χ1) is 22.9. The number of ether oxygens (including phenoxy) is 8. The van der Waals surface area contributed by atoms with Crippen molar-refractivity contribution in [2.75, 3.05) is 73.3 Å². The van der Waals surface area contributed by atoms with E-state index in [-0.39, 0.29) is 37.9 Å². The van der Waals surface area contributed by atoms with E-state index in [1.54, 1.807) is 13.8 Å². The summed E-state index contributed by atoms with van der Waals surface area (Å²) < 4.78 is 62.3. The molecule has 0 aliphatic rings. The molecule has 0 aromatic carbocycles. The van der Waals surface area contributed by atoms with E-state index in [2.05, 4.69) is 15.2 Å². The highest BCUT2D eigenvalue weighted by Crippen LogP contribution is 2.36. The molecule has 20 heteroatoms. The number of nitriles is 1. The van der Waals surface area contributed by atoms with Crippen molar-refractivity contribution in [1.29, 1.82) is 5.26 Å². The number of hydrogen-bond donors (Lipinski definition) is 2. The molecule has 0 bridgehead atoms. The minimum absolute atomic E-state index is 0.0366. The van der Waals surface area contributed by atoms with Crippen LogP contribution >= 0.6 is 8.18 Å². The van der Waals surface area contributed by atoms with Crippen LogP contribution in [0.15, 0.2) is 18.5 Å². The minimum atomic E-state index is -3.25. The number of esters is 3. The van der Waals surface area contributed by atoms with E-state index >= 15 is 0 Å². The van der Waals surface area contributed by atoms with Crippen molar-refractivity contribution in [3.05, 3.63) is 24.2 Å². The maximum atomic E-state index is 13.1. The number of carbonyl (C=O) groups is 3. The summed E-state index contributed by atoms with van der Waals surface area (Å²) in [5, 5.41) is 17.2. The number of nitrogens with two attached hydrogens (primary N) is 1. The van der Waals surface area contributed by atoms with Crippen molar-refractivity contribution >= 4 is 37.4 Å². The van der Waals surface area contributed by atoms with Crippen LogP contribution in [0.4, 0.5) is 5.82 Å². The number of aromatic nitrogens is 3. The summed E-state index contributed by atoms with van der Waals surface area (Å²) in [6, 6.07) is 3.85. The number of methoxy groups -OCH3 is 3. The maximum Gasteiger partial charge on any atom is 0.332 e. The van der Waals surface area contributed by atoms with Crippen LogP contribution in [0.5, 0.6) is 0 Å². The number of nitrogens with one attached hydrogen (secondary N) is 1. The molecule has 0 amide bonds. The van der Waals surface area contributed by atoms with Crippen molar-refractivity contribution < 1.29 is 61.4 Å². The summed E-state index contributed by atoms with van der Waals surface area (Å²) in [4.78, 5) is 42.4. The van der Waals surface area contributed by atoms with Gasteiger partial charge >= 0.3 is 17.9 Å². The molecule has 1 unspecified atom stereocenters. The molecule has 19 nitrogen and oxygen atoms in total. The van der Waals surface area contributed by atoms with Gasteiger partial charge in [0.1, 0.15) is 43.8 Å². The second-order valence-electron chi connectivity index (χ2n) is 10.2. The van der Waals surface area contributed by atoms with Crippen molar-refractivity contribution in [2.24, 2.45) is 0 Å². The van der Waals surface area contributed by atoms with Gasteiger partial charge in [-0.2, -0.15) is 10.4 Å². The lowest BCUT2D eigenvalue weighted by molar-refractivity contribution is -0.198. The van der Waals surface area contributed by atoms with E-state index in [9.17, 15) is 24.2 Å². The quantitative estimate of drug-likeness (QED) is 0.0688. The van der Waals surface area contributed by atoms with Crippen LogP contribution < -0.4 is 10.8 Å². The molecule has 0 spiro atoms. The molecule has 0 aliphatic carbocycles. The van der Waals surface area contributed by atoms with Crippen molar-refractivity contribution in [3.8, 4) is 6.07 Å². The zero-order chi connectivity index (χ0) is 35.7. The van der Waals surface area contributed by atoms with Gasteiger partial charge in [0.15, 0.2) is 18.0 Å². The summed E-state index contributed by atoms with van der Waals surface area (Å²) >= 11 is 0. The van der Waals surface area contributed by atoms with E-state index < -0.39 is 75.9 Å². The van der Waals surface area contributed by atoms with Gasteiger partial charge in [0.05, 0.1) is 38.2 Å². The third-order valence-electron chi connectivity index (χ3n) is 6.37. The highest BCUT2D eigenvalue weighted by molar-refractivity contribution is 7.36. The van der Waals surface area contributed by atoms with Gasteiger partial charge in [-0.1, -0.05) is 0 Å². The summed E-state index contributed by atoms with van der Waals surface area (Å²) in [5.41, 5.74) is 4.10. The average molecular weight is 703 g/mol. The minimum Gasteiger partial charge on any atom is -0.462 e. The number of rotatable bonds is 23. The van der Waals surface area contributed by atoms with E-state index in [0.29, 0.717) is 5.52 Å². The first-order valence-electron chi connectivity index (χ1n) is 14.6. The lowest BCUT2D eigenvalue weighted by Crippen LogP contribution is -2.53. The van der Waals surface area contributed by atoms with Gasteiger partial charge in [0, 0.05) is 21.3 Å². The van der Waals surface area contributed by atoms with Crippen LogP contribution in [0, 0.1) is 11.3 Å². The van der Waals surface area contributed by atoms with E-state index in [1.165, 1.54) is 37.8 Å². The second kappa shape index (κ2) is 20.6. The van der Waals surface area contributed by atoms with Crippen LogP contribution in [0.2, 0.25) is 0 Å². The molecule has 0 fully saturated rings. The molecular weight excluding hydrogens is 659 g/mol. The monoisotopic (exact) mass is 702 g/mol. The van der Waals surface area contributed by atoms with Crippen LogP contribution in [-0.4, -0.2) is 124 Å². The van der Waals surface area contributed by atoms with Crippen LogP contribution in [-0.2, 0) is 61.4 Å². The Morgan fingerprint density at radius 1 is 1.00 bits per heavy atom. The van der Waals surface area contributed by atoms with Crippen LogP contribution in [0.3, 0.4) is 0 Å². The van der Waals surface area contributed by atoms with E-state index in [4.69, 9.17) is 48.2 Å². The zero-order valence-corrected chi connectivity index (χ0v) is 28.7. The number of hydrogen-bond acceptors (Lipinski definition) is 17. The fourth-order valence-corrected chi connectivity index (χ4v) is 4.90. The van der Waals surface area contributed by atoms with Gasteiger partial charge in [-0.3, -0.25) is 9.36 Å². The van der Waals surface area contributed by atoms with Gasteiger partial charge in [-0.25, -0.2) is 24.2 Å². The highest BCUT2D eigenvalue weighted by atomic mass is 31.1. The molecule has 2 aromatic rings. The maximum absolute atomic E-state index is 13.1. The predicted molar refractivity (Wildman–Crippen MR) is 166 cm³/mol. The first kappa shape index (κ1) is 40.4. The molecule has 3 N–H and O–H groups in total. The summed E-state index contributed by atoms with van der Waals surface area (Å²) in [6.45, 7) is 3.23. The molecular formula is C28H43N6O13P. The summed E-state index contributed by atoms with van der Waals surface area (Å²) in [5.74, 6) is -2.54. The molecule has 0 radical (unpaired) electrons.